The molecule has 0 spiro atoms. The Morgan fingerprint density at radius 3 is 2.38 bits per heavy atom. The van der Waals surface area contributed by atoms with Gasteiger partial charge < -0.3 is 19.7 Å². The van der Waals surface area contributed by atoms with Crippen LogP contribution in [0.3, 0.4) is 0 Å². The lowest BCUT2D eigenvalue weighted by atomic mass is 10.1. The number of carbonyl (C=O) groups is 1. The molecule has 2 aromatic heterocycles. The van der Waals surface area contributed by atoms with Crippen molar-refractivity contribution in [1.82, 2.24) is 19.7 Å². The highest BCUT2D eigenvalue weighted by atomic mass is 16.5. The number of aromatic nitrogens is 4. The van der Waals surface area contributed by atoms with Gasteiger partial charge in [-0.3, -0.25) is 0 Å². The Morgan fingerprint density at radius 2 is 1.62 bits per heavy atom. The van der Waals surface area contributed by atoms with Crippen molar-refractivity contribution in [3.8, 4) is 23.0 Å². The summed E-state index contributed by atoms with van der Waals surface area (Å²) in [6, 6.07) is 24.6. The molecule has 0 fully saturated rings. The van der Waals surface area contributed by atoms with Crippen LogP contribution in [0.4, 0.5) is 16.2 Å². The van der Waals surface area contributed by atoms with Crippen molar-refractivity contribution >= 4 is 17.4 Å². The van der Waals surface area contributed by atoms with Gasteiger partial charge >= 0.3 is 6.03 Å². The molecule has 168 valence electrons. The van der Waals surface area contributed by atoms with Crippen LogP contribution in [0.5, 0.6) is 0 Å². The number of aryl methyl sites for hydroxylation is 1. The van der Waals surface area contributed by atoms with Crippen LogP contribution in [0.2, 0.25) is 0 Å². The molecule has 0 saturated heterocycles. The number of urea groups is 1. The van der Waals surface area contributed by atoms with Crippen molar-refractivity contribution in [2.45, 2.75) is 13.5 Å². The van der Waals surface area contributed by atoms with Crippen LogP contribution in [0.15, 0.2) is 95.9 Å². The number of benzene rings is 3. The van der Waals surface area contributed by atoms with E-state index in [2.05, 4.69) is 25.8 Å². The third-order valence-electron chi connectivity index (χ3n) is 5.27. The quantitative estimate of drug-likeness (QED) is 0.351. The number of imidazole rings is 1. The van der Waals surface area contributed by atoms with Crippen LogP contribution in [0.1, 0.15) is 11.1 Å². The molecule has 34 heavy (non-hydrogen) atoms. The molecule has 0 aliphatic carbocycles. The smallest absolute Gasteiger partial charge is 0.323 e. The first-order valence-electron chi connectivity index (χ1n) is 10.8. The second-order valence-corrected chi connectivity index (χ2v) is 7.81. The average molecular weight is 451 g/mol. The fraction of sp³-hybridized carbons (Fsp3) is 0.0769. The number of hydrogen-bond donors (Lipinski definition) is 2. The van der Waals surface area contributed by atoms with Gasteiger partial charge in [0.05, 0.1) is 6.33 Å². The third kappa shape index (κ3) is 4.86. The Morgan fingerprint density at radius 1 is 0.912 bits per heavy atom. The van der Waals surface area contributed by atoms with Gasteiger partial charge in [-0.2, -0.15) is 4.98 Å². The number of para-hydroxylation sites is 1. The lowest BCUT2D eigenvalue weighted by Crippen LogP contribution is -2.19. The van der Waals surface area contributed by atoms with Gasteiger partial charge in [-0.25, -0.2) is 9.78 Å². The van der Waals surface area contributed by atoms with Gasteiger partial charge in [0.1, 0.15) is 5.69 Å². The predicted octanol–water partition coefficient (Wildman–Crippen LogP) is 5.60. The summed E-state index contributed by atoms with van der Waals surface area (Å²) in [5.41, 5.74) is 5.13. The zero-order chi connectivity index (χ0) is 23.3. The minimum Gasteiger partial charge on any atom is -0.332 e. The minimum absolute atomic E-state index is 0.289. The summed E-state index contributed by atoms with van der Waals surface area (Å²) in [5, 5.41) is 9.73. The second kappa shape index (κ2) is 9.41. The fourth-order valence-corrected chi connectivity index (χ4v) is 3.54. The molecular formula is C26H22N6O2. The van der Waals surface area contributed by atoms with Crippen LogP contribution in [-0.2, 0) is 6.54 Å². The van der Waals surface area contributed by atoms with Gasteiger partial charge in [0, 0.05) is 29.7 Å². The molecule has 0 atom stereocenters. The zero-order valence-electron chi connectivity index (χ0n) is 18.5. The summed E-state index contributed by atoms with van der Waals surface area (Å²) in [6.45, 7) is 2.62. The molecule has 5 aromatic rings. The Kier molecular flexibility index (Phi) is 5.85. The molecule has 2 N–H and O–H groups in total. The van der Waals surface area contributed by atoms with Gasteiger partial charge in [0.2, 0.25) is 5.82 Å². The first-order chi connectivity index (χ1) is 16.6. The van der Waals surface area contributed by atoms with Crippen molar-refractivity contribution < 1.29 is 9.32 Å². The largest absolute Gasteiger partial charge is 0.332 e. The van der Waals surface area contributed by atoms with Crippen molar-refractivity contribution in [2.24, 2.45) is 0 Å². The summed E-state index contributed by atoms with van der Waals surface area (Å²) < 4.78 is 7.38. The van der Waals surface area contributed by atoms with E-state index in [9.17, 15) is 4.79 Å². The minimum atomic E-state index is -0.289. The topological polar surface area (TPSA) is 97.9 Å². The molecule has 0 aliphatic heterocycles. The fourth-order valence-electron chi connectivity index (χ4n) is 3.54. The number of nitrogens with zero attached hydrogens (tertiary/aromatic N) is 4. The number of carbonyl (C=O) groups excluding carboxylic acids is 1. The summed E-state index contributed by atoms with van der Waals surface area (Å²) >= 11 is 0. The maximum absolute atomic E-state index is 12.2. The Hall–Kier alpha value is -4.72. The van der Waals surface area contributed by atoms with Crippen LogP contribution < -0.4 is 10.6 Å². The number of nitrogens with one attached hydrogen (secondary N) is 2. The molecule has 0 bridgehead atoms. The van der Waals surface area contributed by atoms with E-state index in [0.717, 1.165) is 22.4 Å². The van der Waals surface area contributed by atoms with Gasteiger partial charge in [-0.05, 0) is 42.3 Å². The van der Waals surface area contributed by atoms with Gasteiger partial charge in [-0.15, -0.1) is 0 Å². The highest BCUT2D eigenvalue weighted by Gasteiger charge is 2.14. The molecule has 2 amide bonds. The second-order valence-electron chi connectivity index (χ2n) is 7.81. The average Bonchev–Trinajstić information content (AvgIpc) is 3.51. The monoisotopic (exact) mass is 450 g/mol. The highest BCUT2D eigenvalue weighted by Crippen LogP contribution is 2.23. The SMILES string of the molecule is Cc1ccccc1-c1noc(-c2cn(Cc3ccc(NC(=O)Nc4ccccc4)cc3)cn2)n1. The molecule has 0 saturated carbocycles. The first kappa shape index (κ1) is 21.1. The van der Waals surface area contributed by atoms with E-state index in [1.165, 1.54) is 0 Å². The van der Waals surface area contributed by atoms with Crippen molar-refractivity contribution in [1.29, 1.82) is 0 Å². The highest BCUT2D eigenvalue weighted by molar-refractivity contribution is 5.99. The number of amides is 2. The van der Waals surface area contributed by atoms with E-state index in [4.69, 9.17) is 4.52 Å². The molecule has 2 heterocycles. The molecule has 0 radical (unpaired) electrons. The van der Waals surface area contributed by atoms with Crippen molar-refractivity contribution in [2.75, 3.05) is 10.6 Å². The predicted molar refractivity (Wildman–Crippen MR) is 130 cm³/mol. The van der Waals surface area contributed by atoms with Crippen molar-refractivity contribution in [3.05, 3.63) is 103 Å². The van der Waals surface area contributed by atoms with E-state index < -0.39 is 0 Å². The summed E-state index contributed by atoms with van der Waals surface area (Å²) in [5.74, 6) is 0.919. The van der Waals surface area contributed by atoms with Crippen LogP contribution in [0.25, 0.3) is 23.0 Å². The molecule has 3 aromatic carbocycles. The summed E-state index contributed by atoms with van der Waals surface area (Å²) in [7, 11) is 0. The van der Waals surface area contributed by atoms with E-state index in [-0.39, 0.29) is 6.03 Å². The molecule has 8 heteroatoms. The normalized spacial score (nSPS) is 10.7. The first-order valence-corrected chi connectivity index (χ1v) is 10.8. The van der Waals surface area contributed by atoms with Crippen LogP contribution in [-0.4, -0.2) is 25.7 Å². The standard InChI is InChI=1S/C26H22N6O2/c1-18-7-5-6-10-22(18)24-30-25(34-31-24)23-16-32(17-27-23)15-19-11-13-21(14-12-19)29-26(33)28-20-8-3-2-4-9-20/h2-14,16-17H,15H2,1H3,(H2,28,29,33). The number of rotatable bonds is 6. The van der Waals surface area contributed by atoms with Crippen LogP contribution >= 0.6 is 0 Å². The van der Waals surface area contributed by atoms with Gasteiger partial charge in [-0.1, -0.05) is 59.8 Å². The molecular weight excluding hydrogens is 428 g/mol. The lowest BCUT2D eigenvalue weighted by Gasteiger charge is -2.08. The third-order valence-corrected chi connectivity index (χ3v) is 5.27. The molecule has 8 nitrogen and oxygen atoms in total. The maximum atomic E-state index is 12.2. The van der Waals surface area contributed by atoms with E-state index in [0.29, 0.717) is 29.6 Å². The zero-order valence-corrected chi connectivity index (χ0v) is 18.5. The van der Waals surface area contributed by atoms with Crippen molar-refractivity contribution in [3.63, 3.8) is 0 Å². The molecule has 0 unspecified atom stereocenters. The Bertz CT molecular complexity index is 1410. The van der Waals surface area contributed by atoms with Gasteiger partial charge in [0.25, 0.3) is 5.89 Å². The van der Waals surface area contributed by atoms with Gasteiger partial charge in [0.15, 0.2) is 0 Å². The number of hydrogen-bond acceptors (Lipinski definition) is 5. The summed E-state index contributed by atoms with van der Waals surface area (Å²) in [6.07, 6.45) is 3.60. The molecule has 5 rings (SSSR count). The Balaban J connectivity index is 1.21. The van der Waals surface area contributed by atoms with Crippen LogP contribution in [0, 0.1) is 6.92 Å². The number of anilines is 2. The van der Waals surface area contributed by atoms with E-state index >= 15 is 0 Å². The van der Waals surface area contributed by atoms with E-state index in [1.807, 2.05) is 96.6 Å². The lowest BCUT2D eigenvalue weighted by molar-refractivity contribution is 0.262. The molecule has 0 aliphatic rings. The van der Waals surface area contributed by atoms with E-state index in [1.54, 1.807) is 6.33 Å². The Labute approximate surface area is 196 Å². The summed E-state index contributed by atoms with van der Waals surface area (Å²) in [4.78, 5) is 21.1. The maximum Gasteiger partial charge on any atom is 0.323 e.